The van der Waals surface area contributed by atoms with E-state index < -0.39 is 34.8 Å². The number of carboxylic acids is 1. The minimum Gasteiger partial charge on any atom is -0.480 e. The van der Waals surface area contributed by atoms with Gasteiger partial charge >= 0.3 is 5.97 Å². The van der Waals surface area contributed by atoms with Gasteiger partial charge in [0.1, 0.15) is 11.4 Å². The molecule has 2 aliphatic heterocycles. The first kappa shape index (κ1) is 17.8. The lowest BCUT2D eigenvalue weighted by molar-refractivity contribution is -0.145. The zero-order valence-corrected chi connectivity index (χ0v) is 14.9. The standard InChI is InChI=1S/C17H20N2O5S/c1-8(20)11(16(23)24)18-13(21)12-17(2,3)25-15-10-7-5-4-6-9(10)14(22)19(12)15/h4-8,11-12,15,20H,1-3H3,(H,18,21)(H,23,24)/t8?,11-,12-,15?/m1/s1. The molecule has 2 unspecified atom stereocenters. The number of aliphatic hydroxyl groups excluding tert-OH is 1. The summed E-state index contributed by atoms with van der Waals surface area (Å²) in [5.74, 6) is -2.13. The molecule has 0 aliphatic carbocycles. The average Bonchev–Trinajstić information content (AvgIpc) is 2.95. The van der Waals surface area contributed by atoms with Crippen molar-refractivity contribution in [1.82, 2.24) is 10.2 Å². The van der Waals surface area contributed by atoms with Crippen LogP contribution in [-0.2, 0) is 9.59 Å². The number of hydrogen-bond acceptors (Lipinski definition) is 5. The fraction of sp³-hybridized carbons (Fsp3) is 0.471. The Balaban J connectivity index is 1.93. The summed E-state index contributed by atoms with van der Waals surface area (Å²) >= 11 is 1.50. The second kappa shape index (κ2) is 6.03. The Hall–Kier alpha value is -2.06. The molecular weight excluding hydrogens is 344 g/mol. The van der Waals surface area contributed by atoms with Crippen LogP contribution in [0.3, 0.4) is 0 Å². The highest BCUT2D eigenvalue weighted by atomic mass is 32.2. The van der Waals surface area contributed by atoms with Crippen molar-refractivity contribution in [2.75, 3.05) is 0 Å². The van der Waals surface area contributed by atoms with Gasteiger partial charge in [-0.15, -0.1) is 11.8 Å². The molecule has 8 heteroatoms. The van der Waals surface area contributed by atoms with Crippen molar-refractivity contribution in [2.45, 2.75) is 49.1 Å². The summed E-state index contributed by atoms with van der Waals surface area (Å²) in [4.78, 5) is 38.4. The van der Waals surface area contributed by atoms with E-state index in [1.165, 1.54) is 23.6 Å². The Bertz CT molecular complexity index is 748. The van der Waals surface area contributed by atoms with E-state index in [-0.39, 0.29) is 11.3 Å². The number of nitrogens with zero attached hydrogens (tertiary/aromatic N) is 1. The third-order valence-corrected chi connectivity index (χ3v) is 6.13. The third kappa shape index (κ3) is 2.79. The number of amides is 2. The molecule has 3 rings (SSSR count). The number of hydrogen-bond donors (Lipinski definition) is 3. The largest absolute Gasteiger partial charge is 0.480 e. The lowest BCUT2D eigenvalue weighted by Crippen LogP contribution is -2.57. The molecule has 3 N–H and O–H groups in total. The minimum absolute atomic E-state index is 0.234. The van der Waals surface area contributed by atoms with Gasteiger partial charge < -0.3 is 20.4 Å². The predicted octanol–water partition coefficient (Wildman–Crippen LogP) is 0.985. The van der Waals surface area contributed by atoms with Crippen LogP contribution in [0, 0.1) is 0 Å². The van der Waals surface area contributed by atoms with E-state index in [1.54, 1.807) is 12.1 Å². The molecule has 1 aromatic rings. The van der Waals surface area contributed by atoms with Crippen LogP contribution in [0.15, 0.2) is 24.3 Å². The van der Waals surface area contributed by atoms with Gasteiger partial charge in [-0.3, -0.25) is 9.59 Å². The molecule has 1 aromatic carbocycles. The molecule has 2 amide bonds. The normalized spacial score (nSPS) is 25.9. The van der Waals surface area contributed by atoms with E-state index in [1.807, 2.05) is 26.0 Å². The smallest absolute Gasteiger partial charge is 0.328 e. The number of aliphatic carboxylic acids is 1. The van der Waals surface area contributed by atoms with Crippen LogP contribution >= 0.6 is 11.8 Å². The van der Waals surface area contributed by atoms with Crippen LogP contribution in [0.1, 0.15) is 42.1 Å². The molecule has 2 heterocycles. The first-order chi connectivity index (χ1) is 11.6. The summed E-state index contributed by atoms with van der Waals surface area (Å²) in [6.45, 7) is 5.01. The lowest BCUT2D eigenvalue weighted by Gasteiger charge is -2.31. The van der Waals surface area contributed by atoms with Crippen LogP contribution in [0.25, 0.3) is 0 Å². The van der Waals surface area contributed by atoms with Crippen LogP contribution in [0.2, 0.25) is 0 Å². The van der Waals surface area contributed by atoms with Gasteiger partial charge in [0, 0.05) is 10.3 Å². The average molecular weight is 364 g/mol. The van der Waals surface area contributed by atoms with Crippen LogP contribution in [0.4, 0.5) is 0 Å². The van der Waals surface area contributed by atoms with Crippen molar-refractivity contribution in [3.05, 3.63) is 35.4 Å². The predicted molar refractivity (Wildman–Crippen MR) is 92.1 cm³/mol. The van der Waals surface area contributed by atoms with Gasteiger partial charge in [0.2, 0.25) is 5.91 Å². The first-order valence-corrected chi connectivity index (χ1v) is 8.84. The first-order valence-electron chi connectivity index (χ1n) is 7.96. The van der Waals surface area contributed by atoms with Gasteiger partial charge in [-0.2, -0.15) is 0 Å². The highest BCUT2D eigenvalue weighted by Gasteiger charge is 2.57. The Kier molecular flexibility index (Phi) is 4.28. The zero-order valence-electron chi connectivity index (χ0n) is 14.1. The molecule has 1 saturated heterocycles. The molecule has 0 bridgehead atoms. The number of thioether (sulfide) groups is 1. The van der Waals surface area contributed by atoms with Crippen molar-refractivity contribution >= 4 is 29.5 Å². The van der Waals surface area contributed by atoms with Gasteiger partial charge in [0.25, 0.3) is 5.91 Å². The van der Waals surface area contributed by atoms with E-state index in [9.17, 15) is 24.6 Å². The van der Waals surface area contributed by atoms with Crippen LogP contribution in [-0.4, -0.2) is 55.8 Å². The summed E-state index contributed by atoms with van der Waals surface area (Å²) in [7, 11) is 0. The zero-order chi connectivity index (χ0) is 18.5. The number of aliphatic hydroxyl groups is 1. The van der Waals surface area contributed by atoms with Crippen LogP contribution in [0.5, 0.6) is 0 Å². The summed E-state index contributed by atoms with van der Waals surface area (Å²) in [6, 6.07) is 4.98. The van der Waals surface area contributed by atoms with Gasteiger partial charge in [-0.25, -0.2) is 4.79 Å². The molecule has 1 fully saturated rings. The number of carbonyl (C=O) groups is 3. The van der Waals surface area contributed by atoms with E-state index in [0.29, 0.717) is 5.56 Å². The van der Waals surface area contributed by atoms with E-state index >= 15 is 0 Å². The van der Waals surface area contributed by atoms with E-state index in [2.05, 4.69) is 5.32 Å². The number of fused-ring (bicyclic) bond motifs is 3. The molecule has 134 valence electrons. The maximum absolute atomic E-state index is 12.8. The van der Waals surface area contributed by atoms with Crippen molar-refractivity contribution in [3.8, 4) is 0 Å². The summed E-state index contributed by atoms with van der Waals surface area (Å²) < 4.78 is -0.598. The second-order valence-corrected chi connectivity index (χ2v) is 8.58. The highest BCUT2D eigenvalue weighted by molar-refractivity contribution is 8.01. The highest BCUT2D eigenvalue weighted by Crippen LogP contribution is 2.56. The van der Waals surface area contributed by atoms with Gasteiger partial charge in [-0.1, -0.05) is 18.2 Å². The van der Waals surface area contributed by atoms with Crippen molar-refractivity contribution < 1.29 is 24.6 Å². The molecule has 4 atom stereocenters. The fourth-order valence-electron chi connectivity index (χ4n) is 3.43. The lowest BCUT2D eigenvalue weighted by atomic mass is 10.00. The number of benzene rings is 1. The van der Waals surface area contributed by atoms with Crippen molar-refractivity contribution in [2.24, 2.45) is 0 Å². The molecule has 2 aliphatic rings. The molecule has 0 saturated carbocycles. The number of carboxylic acid groups (broad SMARTS) is 1. The minimum atomic E-state index is -1.42. The molecule has 7 nitrogen and oxygen atoms in total. The molecule has 25 heavy (non-hydrogen) atoms. The number of rotatable bonds is 4. The quantitative estimate of drug-likeness (QED) is 0.735. The number of nitrogens with one attached hydrogen (secondary N) is 1. The van der Waals surface area contributed by atoms with Crippen molar-refractivity contribution in [1.29, 1.82) is 0 Å². The van der Waals surface area contributed by atoms with Gasteiger partial charge in [-0.05, 0) is 32.4 Å². The topological polar surface area (TPSA) is 107 Å². The third-order valence-electron chi connectivity index (χ3n) is 4.59. The Labute approximate surface area is 149 Å². The SMILES string of the molecule is CC(O)[C@@H](NC(=O)[C@H]1N2C(=O)c3ccccc3C2SC1(C)C)C(=O)O. The van der Waals surface area contributed by atoms with Crippen LogP contribution < -0.4 is 5.32 Å². The Morgan fingerprint density at radius 2 is 1.96 bits per heavy atom. The van der Waals surface area contributed by atoms with Crippen molar-refractivity contribution in [3.63, 3.8) is 0 Å². The van der Waals surface area contributed by atoms with E-state index in [4.69, 9.17) is 0 Å². The number of carbonyl (C=O) groups excluding carboxylic acids is 2. The second-order valence-electron chi connectivity index (χ2n) is 6.84. The summed E-state index contributed by atoms with van der Waals surface area (Å²) in [6.07, 6.45) is -1.25. The molecular formula is C17H20N2O5S. The van der Waals surface area contributed by atoms with E-state index in [0.717, 1.165) is 5.56 Å². The van der Waals surface area contributed by atoms with Gasteiger partial charge in [0.05, 0.1) is 6.10 Å². The monoisotopic (exact) mass is 364 g/mol. The Morgan fingerprint density at radius 3 is 2.56 bits per heavy atom. The molecule has 0 aromatic heterocycles. The van der Waals surface area contributed by atoms with Gasteiger partial charge in [0.15, 0.2) is 6.04 Å². The molecule has 0 spiro atoms. The maximum atomic E-state index is 12.8. The maximum Gasteiger partial charge on any atom is 0.328 e. The fourth-order valence-corrected chi connectivity index (χ4v) is 5.01. The Morgan fingerprint density at radius 1 is 1.32 bits per heavy atom. The summed E-state index contributed by atoms with van der Waals surface area (Å²) in [5.41, 5.74) is 1.43. The molecule has 0 radical (unpaired) electrons. The summed E-state index contributed by atoms with van der Waals surface area (Å²) in [5, 5.41) is 20.9.